The van der Waals surface area contributed by atoms with E-state index in [0.29, 0.717) is 5.56 Å². The van der Waals surface area contributed by atoms with Crippen LogP contribution in [0.25, 0.3) is 0 Å². The third-order valence-corrected chi connectivity index (χ3v) is 2.37. The van der Waals surface area contributed by atoms with E-state index < -0.39 is 6.29 Å². The van der Waals surface area contributed by atoms with Gasteiger partial charge in [-0.1, -0.05) is 15.9 Å². The summed E-state index contributed by atoms with van der Waals surface area (Å²) in [6, 6.07) is 4.69. The van der Waals surface area contributed by atoms with Gasteiger partial charge in [-0.15, -0.1) is 5.92 Å². The number of hydrogen-bond acceptors (Lipinski definition) is 2. The van der Waals surface area contributed by atoms with Gasteiger partial charge in [0.1, 0.15) is 5.82 Å². The SMILES string of the molecule is CC#CC(OC)OCc1cc(Br)ccc1F. The van der Waals surface area contributed by atoms with Crippen molar-refractivity contribution in [2.75, 3.05) is 7.11 Å². The van der Waals surface area contributed by atoms with Gasteiger partial charge in [-0.2, -0.15) is 0 Å². The van der Waals surface area contributed by atoms with Gasteiger partial charge in [-0.05, 0) is 31.0 Å². The van der Waals surface area contributed by atoms with Crippen molar-refractivity contribution in [3.63, 3.8) is 0 Å². The minimum Gasteiger partial charge on any atom is -0.345 e. The molecule has 0 aliphatic heterocycles. The lowest BCUT2D eigenvalue weighted by Crippen LogP contribution is -2.13. The number of halogens is 2. The molecule has 0 aliphatic rings. The second kappa shape index (κ2) is 6.64. The molecule has 0 saturated carbocycles. The lowest BCUT2D eigenvalue weighted by molar-refractivity contribution is -0.0927. The van der Waals surface area contributed by atoms with Crippen molar-refractivity contribution in [2.45, 2.75) is 19.8 Å². The molecule has 0 radical (unpaired) electrons. The first-order valence-electron chi connectivity index (χ1n) is 4.68. The largest absolute Gasteiger partial charge is 0.345 e. The van der Waals surface area contributed by atoms with E-state index in [4.69, 9.17) is 9.47 Å². The van der Waals surface area contributed by atoms with E-state index in [1.165, 1.54) is 13.2 Å². The molecule has 1 atom stereocenters. The van der Waals surface area contributed by atoms with Crippen molar-refractivity contribution >= 4 is 15.9 Å². The summed E-state index contributed by atoms with van der Waals surface area (Å²) >= 11 is 3.27. The van der Waals surface area contributed by atoms with Gasteiger partial charge in [0, 0.05) is 17.1 Å². The number of rotatable bonds is 4. The lowest BCUT2D eigenvalue weighted by Gasteiger charge is -2.10. The lowest BCUT2D eigenvalue weighted by atomic mass is 10.2. The zero-order valence-electron chi connectivity index (χ0n) is 9.09. The maximum Gasteiger partial charge on any atom is 0.222 e. The van der Waals surface area contributed by atoms with Crippen molar-refractivity contribution in [1.82, 2.24) is 0 Å². The van der Waals surface area contributed by atoms with Crippen LogP contribution in [0.15, 0.2) is 22.7 Å². The number of methoxy groups -OCH3 is 1. The normalized spacial score (nSPS) is 11.8. The fourth-order valence-corrected chi connectivity index (χ4v) is 1.51. The molecule has 0 aliphatic carbocycles. The highest BCUT2D eigenvalue weighted by molar-refractivity contribution is 9.10. The zero-order valence-corrected chi connectivity index (χ0v) is 10.7. The second-order valence-electron chi connectivity index (χ2n) is 3.01. The molecule has 0 spiro atoms. The van der Waals surface area contributed by atoms with Gasteiger partial charge < -0.3 is 9.47 Å². The topological polar surface area (TPSA) is 18.5 Å². The minimum absolute atomic E-state index is 0.123. The summed E-state index contributed by atoms with van der Waals surface area (Å²) in [5.41, 5.74) is 0.467. The summed E-state index contributed by atoms with van der Waals surface area (Å²) in [4.78, 5) is 0. The van der Waals surface area contributed by atoms with E-state index >= 15 is 0 Å². The maximum absolute atomic E-state index is 13.3. The Morgan fingerprint density at radius 1 is 1.50 bits per heavy atom. The van der Waals surface area contributed by atoms with E-state index in [9.17, 15) is 4.39 Å². The molecular formula is C12H12BrFO2. The van der Waals surface area contributed by atoms with Crippen LogP contribution in [0.3, 0.4) is 0 Å². The van der Waals surface area contributed by atoms with Crippen molar-refractivity contribution in [1.29, 1.82) is 0 Å². The standard InChI is InChI=1S/C12H12BrFO2/c1-3-4-12(15-2)16-8-9-7-10(13)5-6-11(9)14/h5-7,12H,8H2,1-2H3. The van der Waals surface area contributed by atoms with Gasteiger partial charge in [0.05, 0.1) is 6.61 Å². The van der Waals surface area contributed by atoms with Gasteiger partial charge >= 0.3 is 0 Å². The number of ether oxygens (including phenoxy) is 2. The van der Waals surface area contributed by atoms with Gasteiger partial charge in [0.15, 0.2) is 0 Å². The first kappa shape index (κ1) is 13.2. The monoisotopic (exact) mass is 286 g/mol. The van der Waals surface area contributed by atoms with Gasteiger partial charge in [-0.25, -0.2) is 4.39 Å². The van der Waals surface area contributed by atoms with E-state index in [2.05, 4.69) is 27.8 Å². The summed E-state index contributed by atoms with van der Waals surface area (Å²) in [7, 11) is 1.49. The van der Waals surface area contributed by atoms with Crippen molar-refractivity contribution in [3.8, 4) is 11.8 Å². The molecule has 0 heterocycles. The van der Waals surface area contributed by atoms with E-state index in [0.717, 1.165) is 4.47 Å². The Morgan fingerprint density at radius 3 is 2.88 bits per heavy atom. The van der Waals surface area contributed by atoms with Crippen LogP contribution in [0.2, 0.25) is 0 Å². The van der Waals surface area contributed by atoms with Crippen LogP contribution in [0.5, 0.6) is 0 Å². The molecule has 1 aromatic rings. The fourth-order valence-electron chi connectivity index (χ4n) is 1.11. The summed E-state index contributed by atoms with van der Waals surface area (Å²) in [5.74, 6) is 5.08. The summed E-state index contributed by atoms with van der Waals surface area (Å²) in [6.07, 6.45) is -0.622. The highest BCUT2D eigenvalue weighted by Gasteiger charge is 2.07. The molecule has 1 rings (SSSR count). The van der Waals surface area contributed by atoms with Crippen molar-refractivity contribution < 1.29 is 13.9 Å². The Morgan fingerprint density at radius 2 is 2.25 bits per heavy atom. The van der Waals surface area contributed by atoms with Crippen molar-refractivity contribution in [3.05, 3.63) is 34.1 Å². The van der Waals surface area contributed by atoms with Crippen LogP contribution in [-0.4, -0.2) is 13.4 Å². The molecule has 1 aromatic carbocycles. The van der Waals surface area contributed by atoms with Gasteiger partial charge in [0.2, 0.25) is 6.29 Å². The fraction of sp³-hybridized carbons (Fsp3) is 0.333. The molecule has 0 saturated heterocycles. The minimum atomic E-state index is -0.622. The van der Waals surface area contributed by atoms with Gasteiger partial charge in [0.25, 0.3) is 0 Å². The first-order valence-corrected chi connectivity index (χ1v) is 5.47. The summed E-state index contributed by atoms with van der Waals surface area (Å²) < 4.78 is 24.4. The van der Waals surface area contributed by atoms with Crippen LogP contribution in [-0.2, 0) is 16.1 Å². The Bertz CT molecular complexity index is 409. The molecular weight excluding hydrogens is 275 g/mol. The average molecular weight is 287 g/mol. The van der Waals surface area contributed by atoms with E-state index in [1.54, 1.807) is 19.1 Å². The highest BCUT2D eigenvalue weighted by atomic mass is 79.9. The third kappa shape index (κ3) is 3.93. The first-order chi connectivity index (χ1) is 7.67. The third-order valence-electron chi connectivity index (χ3n) is 1.87. The van der Waals surface area contributed by atoms with Crippen molar-refractivity contribution in [2.24, 2.45) is 0 Å². The quantitative estimate of drug-likeness (QED) is 0.626. The average Bonchev–Trinajstić information content (AvgIpc) is 2.28. The molecule has 0 aromatic heterocycles. The molecule has 0 N–H and O–H groups in total. The molecule has 2 nitrogen and oxygen atoms in total. The van der Waals surface area contributed by atoms with E-state index in [1.807, 2.05) is 0 Å². The predicted octanol–water partition coefficient (Wildman–Crippen LogP) is 3.10. The molecule has 86 valence electrons. The Hall–Kier alpha value is -0.890. The molecule has 0 bridgehead atoms. The predicted molar refractivity (Wildman–Crippen MR) is 63.1 cm³/mol. The molecule has 16 heavy (non-hydrogen) atoms. The zero-order chi connectivity index (χ0) is 12.0. The summed E-state index contributed by atoms with van der Waals surface area (Å²) in [5, 5.41) is 0. The number of hydrogen-bond donors (Lipinski definition) is 0. The molecule has 4 heteroatoms. The van der Waals surface area contributed by atoms with Crippen LogP contribution >= 0.6 is 15.9 Å². The second-order valence-corrected chi connectivity index (χ2v) is 3.92. The van der Waals surface area contributed by atoms with Gasteiger partial charge in [-0.3, -0.25) is 0 Å². The number of benzene rings is 1. The Balaban J connectivity index is 2.65. The van der Waals surface area contributed by atoms with Crippen LogP contribution in [0, 0.1) is 17.7 Å². The molecule has 0 amide bonds. The maximum atomic E-state index is 13.3. The molecule has 1 unspecified atom stereocenters. The smallest absolute Gasteiger partial charge is 0.222 e. The Labute approximate surface area is 103 Å². The summed E-state index contributed by atoms with van der Waals surface area (Å²) in [6.45, 7) is 1.81. The van der Waals surface area contributed by atoms with Crippen LogP contribution < -0.4 is 0 Å². The van der Waals surface area contributed by atoms with Crippen LogP contribution in [0.4, 0.5) is 4.39 Å². The molecule has 0 fully saturated rings. The van der Waals surface area contributed by atoms with E-state index in [-0.39, 0.29) is 12.4 Å². The Kier molecular flexibility index (Phi) is 5.47. The highest BCUT2D eigenvalue weighted by Crippen LogP contribution is 2.16. The van der Waals surface area contributed by atoms with Crippen LogP contribution in [0.1, 0.15) is 12.5 Å².